The van der Waals surface area contributed by atoms with Crippen LogP contribution in [0.25, 0.3) is 0 Å². The molecule has 0 radical (unpaired) electrons. The van der Waals surface area contributed by atoms with Gasteiger partial charge in [0, 0.05) is 43.9 Å². The second-order valence-corrected chi connectivity index (χ2v) is 7.48. The van der Waals surface area contributed by atoms with Crippen molar-refractivity contribution in [2.75, 3.05) is 32.1 Å². The predicted octanol–water partition coefficient (Wildman–Crippen LogP) is 3.83. The van der Waals surface area contributed by atoms with Crippen molar-refractivity contribution < 1.29 is 14.4 Å². The molecular weight excluding hydrogens is 346 g/mol. The van der Waals surface area contributed by atoms with Gasteiger partial charge in [0.2, 0.25) is 0 Å². The Hall–Kier alpha value is -1.86. The zero-order valence-electron chi connectivity index (χ0n) is 16.4. The first-order valence-corrected chi connectivity index (χ1v) is 10.0. The van der Waals surface area contributed by atoms with Gasteiger partial charge in [-0.05, 0) is 51.5 Å². The molecule has 1 aliphatic carbocycles. The molecule has 0 spiro atoms. The number of nitro groups is 1. The fourth-order valence-electron chi connectivity index (χ4n) is 4.36. The van der Waals surface area contributed by atoms with Crippen LogP contribution in [0.15, 0.2) is 18.2 Å². The van der Waals surface area contributed by atoms with E-state index in [0.717, 1.165) is 45.4 Å². The molecule has 0 unspecified atom stereocenters. The quantitative estimate of drug-likeness (QED) is 0.575. The first-order chi connectivity index (χ1) is 13.1. The Bertz CT molecular complexity index is 624. The summed E-state index contributed by atoms with van der Waals surface area (Å²) in [6, 6.07) is 5.78. The molecule has 1 aromatic rings. The molecule has 2 aliphatic rings. The minimum absolute atomic E-state index is 0.104. The number of hydrogen-bond donors (Lipinski definition) is 1. The highest BCUT2D eigenvalue weighted by Gasteiger charge is 2.29. The molecule has 7 nitrogen and oxygen atoms in total. The van der Waals surface area contributed by atoms with Gasteiger partial charge in [-0.1, -0.05) is 0 Å². The van der Waals surface area contributed by atoms with E-state index < -0.39 is 0 Å². The monoisotopic (exact) mass is 377 g/mol. The molecule has 1 heterocycles. The first kappa shape index (κ1) is 19.9. The van der Waals surface area contributed by atoms with Crippen molar-refractivity contribution in [3.05, 3.63) is 28.3 Å². The van der Waals surface area contributed by atoms with Gasteiger partial charge in [-0.25, -0.2) is 0 Å². The van der Waals surface area contributed by atoms with E-state index in [2.05, 4.69) is 17.1 Å². The molecule has 0 bridgehead atoms. The third-order valence-electron chi connectivity index (χ3n) is 5.85. The Kier molecular flexibility index (Phi) is 6.90. The SMILES string of the molecule is CCO[C@H]1CC[C@H](N2CCC(Nc3cc(OC)ccc3[N+](=O)[O-])CC2)CC1. The molecule has 3 rings (SSSR count). The van der Waals surface area contributed by atoms with Gasteiger partial charge >= 0.3 is 0 Å². The van der Waals surface area contributed by atoms with Crippen LogP contribution in [0.4, 0.5) is 11.4 Å². The summed E-state index contributed by atoms with van der Waals surface area (Å²) in [5.74, 6) is 0.631. The van der Waals surface area contributed by atoms with E-state index in [1.807, 2.05) is 0 Å². The third kappa shape index (κ3) is 5.11. The molecule has 0 atom stereocenters. The van der Waals surface area contributed by atoms with Crippen LogP contribution in [0.1, 0.15) is 45.4 Å². The maximum atomic E-state index is 11.3. The second-order valence-electron chi connectivity index (χ2n) is 7.48. The number of nitrogens with zero attached hydrogens (tertiary/aromatic N) is 2. The van der Waals surface area contributed by atoms with E-state index in [-0.39, 0.29) is 16.7 Å². The lowest BCUT2D eigenvalue weighted by atomic mass is 9.90. The van der Waals surface area contributed by atoms with Crippen molar-refractivity contribution in [3.8, 4) is 5.75 Å². The lowest BCUT2D eigenvalue weighted by Crippen LogP contribution is -2.46. The second kappa shape index (κ2) is 9.37. The summed E-state index contributed by atoms with van der Waals surface area (Å²) in [4.78, 5) is 13.6. The van der Waals surface area contributed by atoms with Gasteiger partial charge in [-0.3, -0.25) is 10.1 Å². The minimum atomic E-state index is -0.340. The molecule has 0 aromatic heterocycles. The normalized spacial score (nSPS) is 24.5. The number of methoxy groups -OCH3 is 1. The molecule has 1 saturated carbocycles. The van der Waals surface area contributed by atoms with Crippen LogP contribution in [-0.2, 0) is 4.74 Å². The average Bonchev–Trinajstić information content (AvgIpc) is 2.69. The standard InChI is InChI=1S/C20H31N3O4/c1-3-27-17-6-4-16(5-7-17)22-12-10-15(11-13-22)21-19-14-18(26-2)8-9-20(19)23(24)25/h8-9,14-17,21H,3-7,10-13H2,1-2H3/t16-,17-. The zero-order valence-corrected chi connectivity index (χ0v) is 16.4. The number of hydrogen-bond acceptors (Lipinski definition) is 6. The first-order valence-electron chi connectivity index (χ1n) is 10.0. The molecule has 1 aliphatic heterocycles. The van der Waals surface area contributed by atoms with Gasteiger partial charge in [-0.2, -0.15) is 0 Å². The van der Waals surface area contributed by atoms with E-state index in [1.165, 1.54) is 18.9 Å². The Labute approximate surface area is 161 Å². The van der Waals surface area contributed by atoms with Crippen molar-refractivity contribution in [2.45, 2.75) is 63.6 Å². The van der Waals surface area contributed by atoms with Crippen LogP contribution in [0.5, 0.6) is 5.75 Å². The number of anilines is 1. The molecule has 150 valence electrons. The van der Waals surface area contributed by atoms with Gasteiger partial charge in [0.25, 0.3) is 5.69 Å². The van der Waals surface area contributed by atoms with Gasteiger partial charge in [0.05, 0.1) is 18.1 Å². The molecule has 7 heteroatoms. The van der Waals surface area contributed by atoms with E-state index >= 15 is 0 Å². The Morgan fingerprint density at radius 3 is 2.48 bits per heavy atom. The Morgan fingerprint density at radius 1 is 1.19 bits per heavy atom. The number of likely N-dealkylation sites (tertiary alicyclic amines) is 1. The average molecular weight is 377 g/mol. The minimum Gasteiger partial charge on any atom is -0.497 e. The van der Waals surface area contributed by atoms with Crippen molar-refractivity contribution >= 4 is 11.4 Å². The van der Waals surface area contributed by atoms with Gasteiger partial charge in [0.15, 0.2) is 0 Å². The smallest absolute Gasteiger partial charge is 0.292 e. The molecular formula is C20H31N3O4. The fraction of sp³-hybridized carbons (Fsp3) is 0.700. The number of ether oxygens (including phenoxy) is 2. The largest absolute Gasteiger partial charge is 0.497 e. The van der Waals surface area contributed by atoms with E-state index in [1.54, 1.807) is 19.2 Å². The number of piperidine rings is 1. The summed E-state index contributed by atoms with van der Waals surface area (Å²) >= 11 is 0. The van der Waals surface area contributed by atoms with E-state index in [9.17, 15) is 10.1 Å². The van der Waals surface area contributed by atoms with Gasteiger partial charge in [0.1, 0.15) is 11.4 Å². The van der Waals surface area contributed by atoms with Crippen LogP contribution >= 0.6 is 0 Å². The van der Waals surface area contributed by atoms with Crippen LogP contribution in [0, 0.1) is 10.1 Å². The highest BCUT2D eigenvalue weighted by atomic mass is 16.6. The van der Waals surface area contributed by atoms with Gasteiger partial charge in [-0.15, -0.1) is 0 Å². The van der Waals surface area contributed by atoms with E-state index in [4.69, 9.17) is 9.47 Å². The Balaban J connectivity index is 1.52. The molecule has 1 N–H and O–H groups in total. The van der Waals surface area contributed by atoms with Crippen molar-refractivity contribution in [1.29, 1.82) is 0 Å². The predicted molar refractivity (Wildman–Crippen MR) is 106 cm³/mol. The van der Waals surface area contributed by atoms with Crippen LogP contribution in [0.3, 0.4) is 0 Å². The maximum absolute atomic E-state index is 11.3. The number of rotatable bonds is 7. The molecule has 1 aromatic carbocycles. The number of nitro benzene ring substituents is 1. The fourth-order valence-corrected chi connectivity index (χ4v) is 4.36. The van der Waals surface area contributed by atoms with Gasteiger partial charge < -0.3 is 19.7 Å². The summed E-state index contributed by atoms with van der Waals surface area (Å²) in [7, 11) is 1.57. The van der Waals surface area contributed by atoms with Crippen LogP contribution < -0.4 is 10.1 Å². The molecule has 27 heavy (non-hydrogen) atoms. The summed E-state index contributed by atoms with van der Waals surface area (Å²) in [5.41, 5.74) is 0.655. The third-order valence-corrected chi connectivity index (χ3v) is 5.85. The van der Waals surface area contributed by atoms with Crippen molar-refractivity contribution in [3.63, 3.8) is 0 Å². The summed E-state index contributed by atoms with van der Waals surface area (Å²) in [6.07, 6.45) is 7.19. The molecule has 2 fully saturated rings. The molecule has 1 saturated heterocycles. The Morgan fingerprint density at radius 2 is 1.89 bits per heavy atom. The highest BCUT2D eigenvalue weighted by Crippen LogP contribution is 2.32. The van der Waals surface area contributed by atoms with Crippen molar-refractivity contribution in [2.24, 2.45) is 0 Å². The van der Waals surface area contributed by atoms with Crippen LogP contribution in [-0.4, -0.2) is 54.8 Å². The summed E-state index contributed by atoms with van der Waals surface area (Å²) in [5, 5.41) is 14.7. The maximum Gasteiger partial charge on any atom is 0.292 e. The lowest BCUT2D eigenvalue weighted by Gasteiger charge is -2.41. The van der Waals surface area contributed by atoms with Crippen LogP contribution in [0.2, 0.25) is 0 Å². The highest BCUT2D eigenvalue weighted by molar-refractivity contribution is 5.64. The zero-order chi connectivity index (χ0) is 19.2. The van der Waals surface area contributed by atoms with Crippen molar-refractivity contribution in [1.82, 2.24) is 4.90 Å². The topological polar surface area (TPSA) is 76.9 Å². The number of benzene rings is 1. The molecule has 0 amide bonds. The summed E-state index contributed by atoms with van der Waals surface area (Å²) < 4.78 is 11.0. The lowest BCUT2D eigenvalue weighted by molar-refractivity contribution is -0.384. The number of nitrogens with one attached hydrogen (secondary N) is 1. The van der Waals surface area contributed by atoms with E-state index in [0.29, 0.717) is 23.6 Å². The summed E-state index contributed by atoms with van der Waals surface area (Å²) in [6.45, 7) is 4.96.